The third kappa shape index (κ3) is 4.71. The predicted octanol–water partition coefficient (Wildman–Crippen LogP) is 2.09. The summed E-state index contributed by atoms with van der Waals surface area (Å²) in [7, 11) is 0. The van der Waals surface area contributed by atoms with Crippen LogP contribution in [0.4, 0.5) is 4.39 Å². The summed E-state index contributed by atoms with van der Waals surface area (Å²) in [6.45, 7) is 4.20. The number of hydrogen-bond acceptors (Lipinski definition) is 2. The van der Waals surface area contributed by atoms with Gasteiger partial charge in [0.15, 0.2) is 0 Å². The molecule has 94 valence electrons. The molecule has 0 fully saturated rings. The predicted molar refractivity (Wildman–Crippen MR) is 66.4 cm³/mol. The molecular formula is C12H16ClFN2O. The van der Waals surface area contributed by atoms with E-state index in [1.807, 2.05) is 13.8 Å². The Balaban J connectivity index is 2.41. The molecular weight excluding hydrogens is 243 g/mol. The molecule has 0 saturated heterocycles. The summed E-state index contributed by atoms with van der Waals surface area (Å²) < 4.78 is 13.5. The van der Waals surface area contributed by atoms with E-state index in [1.54, 1.807) is 12.1 Å². The fraction of sp³-hybridized carbons (Fsp3) is 0.417. The molecule has 0 unspecified atom stereocenters. The number of rotatable bonds is 5. The molecule has 1 aromatic carbocycles. The average molecular weight is 259 g/mol. The lowest BCUT2D eigenvalue weighted by Gasteiger charge is -2.09. The molecule has 17 heavy (non-hydrogen) atoms. The molecule has 0 saturated carbocycles. The van der Waals surface area contributed by atoms with Crippen molar-refractivity contribution in [3.05, 3.63) is 34.6 Å². The van der Waals surface area contributed by atoms with Crippen molar-refractivity contribution in [3.63, 3.8) is 0 Å². The van der Waals surface area contributed by atoms with E-state index in [0.717, 1.165) is 0 Å². The van der Waals surface area contributed by atoms with E-state index in [-0.39, 0.29) is 30.1 Å². The third-order valence-electron chi connectivity index (χ3n) is 2.08. The lowest BCUT2D eigenvalue weighted by Crippen LogP contribution is -2.37. The molecule has 0 aromatic heterocycles. The molecule has 0 bridgehead atoms. The Hall–Kier alpha value is -1.13. The van der Waals surface area contributed by atoms with Crippen LogP contribution in [0.15, 0.2) is 18.2 Å². The Morgan fingerprint density at radius 3 is 2.82 bits per heavy atom. The lowest BCUT2D eigenvalue weighted by molar-refractivity contribution is -0.120. The van der Waals surface area contributed by atoms with Crippen LogP contribution in [0.25, 0.3) is 0 Å². The van der Waals surface area contributed by atoms with E-state index < -0.39 is 5.82 Å². The van der Waals surface area contributed by atoms with Gasteiger partial charge in [-0.15, -0.1) is 0 Å². The Morgan fingerprint density at radius 2 is 2.18 bits per heavy atom. The van der Waals surface area contributed by atoms with Crippen molar-refractivity contribution in [2.75, 3.05) is 6.54 Å². The summed E-state index contributed by atoms with van der Waals surface area (Å²) in [6, 6.07) is 4.91. The molecule has 0 radical (unpaired) electrons. The van der Waals surface area contributed by atoms with Crippen LogP contribution < -0.4 is 10.6 Å². The lowest BCUT2D eigenvalue weighted by atomic mass is 10.2. The standard InChI is InChI=1S/C12H16ClFN2O/c1-8(2)16-11(17)7-15-6-9-4-3-5-10(13)12(9)14/h3-5,8,15H,6-7H2,1-2H3,(H,16,17). The summed E-state index contributed by atoms with van der Waals surface area (Å²) >= 11 is 5.64. The molecule has 0 atom stereocenters. The highest BCUT2D eigenvalue weighted by Crippen LogP contribution is 2.17. The van der Waals surface area contributed by atoms with Crippen LogP contribution in [0.1, 0.15) is 19.4 Å². The summed E-state index contributed by atoms with van der Waals surface area (Å²) in [5.74, 6) is -0.548. The first-order valence-corrected chi connectivity index (χ1v) is 5.81. The molecule has 0 aliphatic rings. The van der Waals surface area contributed by atoms with Gasteiger partial charge < -0.3 is 10.6 Å². The van der Waals surface area contributed by atoms with E-state index >= 15 is 0 Å². The van der Waals surface area contributed by atoms with Crippen molar-refractivity contribution < 1.29 is 9.18 Å². The van der Waals surface area contributed by atoms with Crippen LogP contribution in [0.5, 0.6) is 0 Å². The Labute approximate surface area is 105 Å². The van der Waals surface area contributed by atoms with Crippen LogP contribution in [-0.4, -0.2) is 18.5 Å². The van der Waals surface area contributed by atoms with Crippen LogP contribution >= 0.6 is 11.6 Å². The fourth-order valence-corrected chi connectivity index (χ4v) is 1.56. The van der Waals surface area contributed by atoms with Gasteiger partial charge in [0.05, 0.1) is 11.6 Å². The van der Waals surface area contributed by atoms with Crippen molar-refractivity contribution in [2.24, 2.45) is 0 Å². The molecule has 3 nitrogen and oxygen atoms in total. The summed E-state index contributed by atoms with van der Waals surface area (Å²) in [6.07, 6.45) is 0. The highest BCUT2D eigenvalue weighted by molar-refractivity contribution is 6.30. The molecule has 1 amide bonds. The van der Waals surface area contributed by atoms with E-state index in [9.17, 15) is 9.18 Å². The van der Waals surface area contributed by atoms with E-state index in [0.29, 0.717) is 5.56 Å². The molecule has 2 N–H and O–H groups in total. The highest BCUT2D eigenvalue weighted by Gasteiger charge is 2.07. The minimum Gasteiger partial charge on any atom is -0.353 e. The van der Waals surface area contributed by atoms with E-state index in [4.69, 9.17) is 11.6 Å². The van der Waals surface area contributed by atoms with Gasteiger partial charge in [-0.3, -0.25) is 4.79 Å². The maximum atomic E-state index is 13.5. The largest absolute Gasteiger partial charge is 0.353 e. The SMILES string of the molecule is CC(C)NC(=O)CNCc1cccc(Cl)c1F. The highest BCUT2D eigenvalue weighted by atomic mass is 35.5. The van der Waals surface area contributed by atoms with Crippen molar-refractivity contribution in [1.29, 1.82) is 0 Å². The molecule has 0 heterocycles. The van der Waals surface area contributed by atoms with E-state index in [1.165, 1.54) is 6.07 Å². The maximum Gasteiger partial charge on any atom is 0.234 e. The molecule has 0 aliphatic carbocycles. The molecule has 1 aromatic rings. The third-order valence-corrected chi connectivity index (χ3v) is 2.37. The normalized spacial score (nSPS) is 10.6. The van der Waals surface area contributed by atoms with Crippen molar-refractivity contribution in [3.8, 4) is 0 Å². The van der Waals surface area contributed by atoms with Gasteiger partial charge in [0.2, 0.25) is 5.91 Å². The van der Waals surface area contributed by atoms with Crippen LogP contribution in [-0.2, 0) is 11.3 Å². The second-order valence-corrected chi connectivity index (χ2v) is 4.45. The maximum absolute atomic E-state index is 13.5. The van der Waals surface area contributed by atoms with Gasteiger partial charge >= 0.3 is 0 Å². The topological polar surface area (TPSA) is 41.1 Å². The number of halogens is 2. The van der Waals surface area contributed by atoms with Gasteiger partial charge in [0, 0.05) is 18.2 Å². The zero-order valence-corrected chi connectivity index (χ0v) is 10.6. The van der Waals surface area contributed by atoms with Crippen LogP contribution in [0, 0.1) is 5.82 Å². The number of benzene rings is 1. The van der Waals surface area contributed by atoms with Gasteiger partial charge in [0.1, 0.15) is 5.82 Å². The molecule has 0 aliphatic heterocycles. The molecule has 5 heteroatoms. The van der Waals surface area contributed by atoms with Crippen molar-refractivity contribution >= 4 is 17.5 Å². The summed E-state index contributed by atoms with van der Waals surface area (Å²) in [5.41, 5.74) is 0.454. The van der Waals surface area contributed by atoms with Crippen molar-refractivity contribution in [1.82, 2.24) is 10.6 Å². The van der Waals surface area contributed by atoms with Crippen LogP contribution in [0.3, 0.4) is 0 Å². The number of nitrogens with one attached hydrogen (secondary N) is 2. The van der Waals surface area contributed by atoms with Gasteiger partial charge in [-0.2, -0.15) is 0 Å². The minimum absolute atomic E-state index is 0.0935. The molecule has 0 spiro atoms. The van der Waals surface area contributed by atoms with Gasteiger partial charge in [-0.1, -0.05) is 23.7 Å². The Bertz CT molecular complexity index is 396. The molecule has 1 rings (SSSR count). The van der Waals surface area contributed by atoms with Gasteiger partial charge in [-0.25, -0.2) is 4.39 Å². The monoisotopic (exact) mass is 258 g/mol. The summed E-state index contributed by atoms with van der Waals surface area (Å²) in [4.78, 5) is 11.3. The first kappa shape index (κ1) is 13.9. The van der Waals surface area contributed by atoms with Gasteiger partial charge in [-0.05, 0) is 19.9 Å². The zero-order valence-electron chi connectivity index (χ0n) is 9.89. The van der Waals surface area contributed by atoms with Crippen molar-refractivity contribution in [2.45, 2.75) is 26.4 Å². The number of carbonyl (C=O) groups excluding carboxylic acids is 1. The van der Waals surface area contributed by atoms with Gasteiger partial charge in [0.25, 0.3) is 0 Å². The Morgan fingerprint density at radius 1 is 1.47 bits per heavy atom. The first-order valence-electron chi connectivity index (χ1n) is 5.43. The second kappa shape index (κ2) is 6.57. The minimum atomic E-state index is -0.439. The first-order chi connectivity index (χ1) is 8.00. The summed E-state index contributed by atoms with van der Waals surface area (Å²) in [5, 5.41) is 5.69. The second-order valence-electron chi connectivity index (χ2n) is 4.04. The number of amides is 1. The van der Waals surface area contributed by atoms with Crippen LogP contribution in [0.2, 0.25) is 5.02 Å². The quantitative estimate of drug-likeness (QED) is 0.849. The number of hydrogen-bond donors (Lipinski definition) is 2. The zero-order chi connectivity index (χ0) is 12.8. The Kier molecular flexibility index (Phi) is 5.38. The average Bonchev–Trinajstić information content (AvgIpc) is 2.23. The van der Waals surface area contributed by atoms with E-state index in [2.05, 4.69) is 10.6 Å². The fourth-order valence-electron chi connectivity index (χ4n) is 1.37. The smallest absolute Gasteiger partial charge is 0.234 e. The number of carbonyl (C=O) groups is 1.